The van der Waals surface area contributed by atoms with Crippen LogP contribution < -0.4 is 4.74 Å². The van der Waals surface area contributed by atoms with E-state index in [1.165, 1.54) is 21.0 Å². The van der Waals surface area contributed by atoms with Crippen LogP contribution in [0.25, 0.3) is 10.4 Å². The number of unbranched alkanes of at least 4 members (excludes halogenated alkanes) is 2. The van der Waals surface area contributed by atoms with E-state index in [1.807, 2.05) is 26.0 Å². The van der Waals surface area contributed by atoms with Crippen molar-refractivity contribution in [3.63, 3.8) is 0 Å². The van der Waals surface area contributed by atoms with Crippen molar-refractivity contribution < 1.29 is 66.7 Å². The van der Waals surface area contributed by atoms with Gasteiger partial charge in [-0.05, 0) is 36.1 Å². The molecule has 2 heterocycles. The quantitative estimate of drug-likeness (QED) is 0.0122. The Hall–Kier alpha value is -2.71. The van der Waals surface area contributed by atoms with E-state index in [1.54, 1.807) is 19.2 Å². The molecular weight excluding hydrogens is 819 g/mol. The van der Waals surface area contributed by atoms with Gasteiger partial charge in [0.05, 0.1) is 33.5 Å². The zero-order valence-corrected chi connectivity index (χ0v) is 35.1. The molecule has 322 valence electrons. The third-order valence-corrected chi connectivity index (χ3v) is 9.26. The first kappa shape index (κ1) is 48.7. The van der Waals surface area contributed by atoms with Crippen LogP contribution in [-0.2, 0) is 68.6 Å². The topological polar surface area (TPSA) is 218 Å². The highest BCUT2D eigenvalue weighted by Crippen LogP contribution is 2.37. The molecule has 0 radical (unpaired) electrons. The number of esters is 2. The second kappa shape index (κ2) is 25.0. The molecule has 2 saturated heterocycles. The molecule has 0 saturated carbocycles. The van der Waals surface area contributed by atoms with Crippen molar-refractivity contribution >= 4 is 52.6 Å². The van der Waals surface area contributed by atoms with Gasteiger partial charge in [0, 0.05) is 38.4 Å². The van der Waals surface area contributed by atoms with Crippen LogP contribution in [0, 0.1) is 5.41 Å². The van der Waals surface area contributed by atoms with Gasteiger partial charge in [-0.2, -0.15) is 0 Å². The number of azide groups is 1. The van der Waals surface area contributed by atoms with Gasteiger partial charge in [0.25, 0.3) is 3.79 Å². The predicted molar refractivity (Wildman–Crippen MR) is 205 cm³/mol. The average molecular weight is 872 g/mol. The van der Waals surface area contributed by atoms with Gasteiger partial charge >= 0.3 is 11.9 Å². The van der Waals surface area contributed by atoms with Crippen molar-refractivity contribution in [1.29, 1.82) is 5.41 Å². The third kappa shape index (κ3) is 15.4. The molecule has 1 aromatic rings. The summed E-state index contributed by atoms with van der Waals surface area (Å²) in [7, 11) is 2.94. The van der Waals surface area contributed by atoms with Gasteiger partial charge in [0.15, 0.2) is 12.4 Å². The molecule has 3 rings (SSSR count). The minimum absolute atomic E-state index is 0.0632. The van der Waals surface area contributed by atoms with E-state index < -0.39 is 89.6 Å². The number of carbonyl (C=O) groups excluding carboxylic acids is 2. The minimum Gasteiger partial charge on any atom is -0.497 e. The Morgan fingerprint density at radius 1 is 0.842 bits per heavy atom. The number of nitrogens with one attached hydrogen (secondary N) is 1. The fraction of sp³-hybridized carbons (Fsp3) is 0.750. The summed E-state index contributed by atoms with van der Waals surface area (Å²) >= 11 is 17.7. The Bertz CT molecular complexity index is 1440. The van der Waals surface area contributed by atoms with Gasteiger partial charge in [0.1, 0.15) is 48.9 Å². The predicted octanol–water partition coefficient (Wildman–Crippen LogP) is 6.29. The summed E-state index contributed by atoms with van der Waals surface area (Å²) in [6, 6.07) is 5.95. The van der Waals surface area contributed by atoms with Gasteiger partial charge in [-0.1, -0.05) is 78.7 Å². The Morgan fingerprint density at radius 3 is 2.05 bits per heavy atom. The lowest BCUT2D eigenvalue weighted by Crippen LogP contribution is -2.66. The molecule has 0 bridgehead atoms. The summed E-state index contributed by atoms with van der Waals surface area (Å²) in [6.07, 6.45) is -7.60. The van der Waals surface area contributed by atoms with Crippen LogP contribution >= 0.6 is 34.8 Å². The highest BCUT2D eigenvalue weighted by molar-refractivity contribution is 6.76. The minimum atomic E-state index is -2.31. The fourth-order valence-corrected chi connectivity index (χ4v) is 6.15. The number of ether oxygens (including phenoxy) is 10. The highest BCUT2D eigenvalue weighted by atomic mass is 35.6. The summed E-state index contributed by atoms with van der Waals surface area (Å²) in [5.41, 5.74) is 10.5. The lowest BCUT2D eigenvalue weighted by atomic mass is 9.94. The molecule has 0 aromatic heterocycles. The van der Waals surface area contributed by atoms with Gasteiger partial charge in [-0.3, -0.25) is 15.0 Å². The summed E-state index contributed by atoms with van der Waals surface area (Å²) in [4.78, 5) is 37.9. The Morgan fingerprint density at radius 2 is 1.49 bits per heavy atom. The van der Waals surface area contributed by atoms with Crippen molar-refractivity contribution in [1.82, 2.24) is 0 Å². The summed E-state index contributed by atoms with van der Waals surface area (Å²) < 4.78 is 58.6. The number of methoxy groups -OCH3 is 1. The Labute approximate surface area is 347 Å². The molecule has 18 nitrogen and oxygen atoms in total. The molecule has 2 fully saturated rings. The smallest absolute Gasteiger partial charge is 0.303 e. The number of hydrogen-bond acceptors (Lipinski definition) is 16. The fourth-order valence-electron chi connectivity index (χ4n) is 6.02. The van der Waals surface area contributed by atoms with Crippen LogP contribution in [-0.4, -0.2) is 124 Å². The zero-order valence-electron chi connectivity index (χ0n) is 32.8. The standard InChI is InChI=1S/C36H53Cl3N4O14/c1-7-9-16-48-30-27(42-43-41)33(57-35(40)36(37,38)39)55-26(20-50-21(3)44)29(30)56-34-32(53-22(4)45)31(49-17-10-8-2)28(25(54-34)15-18-52-47-6)51-19-23-11-13-24(46-5)14-12-23/h11-14,25-34,40H,7-10,15-20H2,1-6H3. The largest absolute Gasteiger partial charge is 0.497 e. The molecule has 1 aromatic carbocycles. The zero-order chi connectivity index (χ0) is 42.0. The van der Waals surface area contributed by atoms with Crippen LogP contribution in [0.15, 0.2) is 29.4 Å². The van der Waals surface area contributed by atoms with Crippen molar-refractivity contribution in [2.75, 3.05) is 40.6 Å². The molecule has 10 atom stereocenters. The van der Waals surface area contributed by atoms with Gasteiger partial charge in [-0.25, -0.2) is 9.78 Å². The second-order valence-electron chi connectivity index (χ2n) is 13.0. The Kier molecular flexibility index (Phi) is 21.4. The molecule has 2 aliphatic rings. The lowest BCUT2D eigenvalue weighted by Gasteiger charge is -2.49. The lowest BCUT2D eigenvalue weighted by molar-refractivity contribution is -0.355. The number of rotatable bonds is 23. The molecule has 21 heteroatoms. The van der Waals surface area contributed by atoms with Crippen molar-refractivity contribution in [3.8, 4) is 5.75 Å². The van der Waals surface area contributed by atoms with Crippen LogP contribution in [0.1, 0.15) is 65.4 Å². The molecule has 0 aliphatic carbocycles. The molecule has 10 unspecified atom stereocenters. The normalized spacial score (nSPS) is 27.5. The van der Waals surface area contributed by atoms with Crippen molar-refractivity contribution in [2.24, 2.45) is 5.11 Å². The van der Waals surface area contributed by atoms with Crippen LogP contribution in [0.2, 0.25) is 0 Å². The van der Waals surface area contributed by atoms with Gasteiger partial charge in [-0.15, -0.1) is 0 Å². The maximum atomic E-state index is 12.8. The third-order valence-electron chi connectivity index (χ3n) is 8.75. The number of benzene rings is 1. The van der Waals surface area contributed by atoms with Crippen molar-refractivity contribution in [2.45, 2.75) is 132 Å². The first-order valence-corrected chi connectivity index (χ1v) is 19.7. The SMILES string of the molecule is CCCCOC1C(N=[N+]=[N-])C(OC(=N)C(Cl)(Cl)Cl)OC(COC(C)=O)C1OC1OC(CCOOC)C(OCc2ccc(OC)cc2)C(OCCCC)C1OC(C)=O. The van der Waals surface area contributed by atoms with Crippen LogP contribution in [0.3, 0.4) is 0 Å². The molecule has 1 N–H and O–H groups in total. The maximum absolute atomic E-state index is 12.8. The van der Waals surface area contributed by atoms with Gasteiger partial charge in [0.2, 0.25) is 12.2 Å². The van der Waals surface area contributed by atoms with Crippen LogP contribution in [0.4, 0.5) is 0 Å². The summed E-state index contributed by atoms with van der Waals surface area (Å²) in [5.74, 6) is -1.50. The monoisotopic (exact) mass is 870 g/mol. The van der Waals surface area contributed by atoms with E-state index in [2.05, 4.69) is 10.0 Å². The first-order chi connectivity index (χ1) is 27.3. The van der Waals surface area contributed by atoms with E-state index in [9.17, 15) is 15.1 Å². The summed E-state index contributed by atoms with van der Waals surface area (Å²) in [5, 5.41) is 12.1. The first-order valence-electron chi connectivity index (χ1n) is 18.5. The van der Waals surface area contributed by atoms with E-state index in [-0.39, 0.29) is 32.8 Å². The van der Waals surface area contributed by atoms with Gasteiger partial charge < -0.3 is 47.4 Å². The van der Waals surface area contributed by atoms with E-state index in [0.29, 0.717) is 18.6 Å². The van der Waals surface area contributed by atoms with E-state index >= 15 is 0 Å². The molecule has 0 spiro atoms. The molecule has 57 heavy (non-hydrogen) atoms. The highest BCUT2D eigenvalue weighted by Gasteiger charge is 2.55. The number of halogens is 3. The number of carbonyl (C=O) groups is 2. The maximum Gasteiger partial charge on any atom is 0.303 e. The van der Waals surface area contributed by atoms with Crippen molar-refractivity contribution in [3.05, 3.63) is 40.3 Å². The number of nitrogens with zero attached hydrogens (tertiary/aromatic N) is 3. The van der Waals surface area contributed by atoms with E-state index in [4.69, 9.17) is 97.4 Å². The molecule has 0 amide bonds. The Balaban J connectivity index is 2.13. The summed E-state index contributed by atoms with van der Waals surface area (Å²) in [6.45, 7) is 6.55. The van der Waals surface area contributed by atoms with Crippen LogP contribution in [0.5, 0.6) is 5.75 Å². The molecule has 2 aliphatic heterocycles. The number of hydrogen-bond donors (Lipinski definition) is 1. The van der Waals surface area contributed by atoms with E-state index in [0.717, 1.165) is 18.4 Å². The second-order valence-corrected chi connectivity index (χ2v) is 15.3. The number of alkyl halides is 3. The average Bonchev–Trinajstić information content (AvgIpc) is 3.16. The molecular formula is C36H53Cl3N4O14.